The highest BCUT2D eigenvalue weighted by Gasteiger charge is 2.18. The van der Waals surface area contributed by atoms with Gasteiger partial charge in [0.1, 0.15) is 17.4 Å². The van der Waals surface area contributed by atoms with E-state index in [0.717, 1.165) is 5.39 Å². The first kappa shape index (κ1) is 14.8. The lowest BCUT2D eigenvalue weighted by Crippen LogP contribution is -2.38. The normalized spacial score (nSPS) is 13.7. The van der Waals surface area contributed by atoms with E-state index in [-0.39, 0.29) is 11.3 Å². The summed E-state index contributed by atoms with van der Waals surface area (Å²) in [6, 6.07) is 7.21. The molecule has 0 unspecified atom stereocenters. The average Bonchev–Trinajstić information content (AvgIpc) is 2.78. The third kappa shape index (κ3) is 3.26. The SMILES string of the molecule is CC(=O)c1cccc2cc([C@H](O)CNC(C)(C)C)oc12. The van der Waals surface area contributed by atoms with Crippen molar-refractivity contribution < 1.29 is 14.3 Å². The van der Waals surface area contributed by atoms with E-state index in [4.69, 9.17) is 4.42 Å². The molecule has 0 fully saturated rings. The van der Waals surface area contributed by atoms with Crippen molar-refractivity contribution in [2.24, 2.45) is 0 Å². The molecule has 0 radical (unpaired) electrons. The highest BCUT2D eigenvalue weighted by molar-refractivity contribution is 6.04. The van der Waals surface area contributed by atoms with Crippen LogP contribution in [0.2, 0.25) is 0 Å². The van der Waals surface area contributed by atoms with Crippen molar-refractivity contribution >= 4 is 16.8 Å². The Bertz CT molecular complexity index is 622. The van der Waals surface area contributed by atoms with E-state index >= 15 is 0 Å². The number of Topliss-reactive ketones (excluding diaryl/α,β-unsaturated/α-hetero) is 1. The maximum Gasteiger partial charge on any atom is 0.163 e. The fourth-order valence-electron chi connectivity index (χ4n) is 2.03. The molecule has 0 bridgehead atoms. The summed E-state index contributed by atoms with van der Waals surface area (Å²) in [5.41, 5.74) is 1.02. The summed E-state index contributed by atoms with van der Waals surface area (Å²) in [5.74, 6) is 0.434. The van der Waals surface area contributed by atoms with Crippen molar-refractivity contribution in [3.63, 3.8) is 0 Å². The number of fused-ring (bicyclic) bond motifs is 1. The average molecular weight is 275 g/mol. The third-order valence-corrected chi connectivity index (χ3v) is 3.10. The van der Waals surface area contributed by atoms with Gasteiger partial charge in [0.25, 0.3) is 0 Å². The number of β-amino-alcohol motifs (C(OH)–C–C–N with tert-alkyl or cyclic N) is 1. The second-order valence-corrected chi connectivity index (χ2v) is 6.08. The number of nitrogens with one attached hydrogen (secondary N) is 1. The first-order valence-electron chi connectivity index (χ1n) is 6.74. The van der Waals surface area contributed by atoms with E-state index < -0.39 is 6.10 Å². The maximum atomic E-state index is 11.6. The Kier molecular flexibility index (Phi) is 3.97. The van der Waals surface area contributed by atoms with Crippen LogP contribution in [0, 0.1) is 0 Å². The van der Waals surface area contributed by atoms with E-state index in [0.29, 0.717) is 23.5 Å². The standard InChI is InChI=1S/C16H21NO3/c1-10(18)12-7-5-6-11-8-14(20-15(11)12)13(19)9-17-16(2,3)4/h5-8,13,17,19H,9H2,1-4H3/t13-/m1/s1. The van der Waals surface area contributed by atoms with Crippen LogP contribution in [0.1, 0.15) is 49.9 Å². The molecule has 20 heavy (non-hydrogen) atoms. The second kappa shape index (κ2) is 5.38. The largest absolute Gasteiger partial charge is 0.457 e. The molecule has 1 aromatic heterocycles. The van der Waals surface area contributed by atoms with E-state index in [1.54, 1.807) is 12.1 Å². The van der Waals surface area contributed by atoms with E-state index in [2.05, 4.69) is 5.32 Å². The summed E-state index contributed by atoms with van der Waals surface area (Å²) in [6.45, 7) is 8.01. The topological polar surface area (TPSA) is 62.5 Å². The minimum Gasteiger partial charge on any atom is -0.457 e. The number of aliphatic hydroxyl groups excluding tert-OH is 1. The van der Waals surface area contributed by atoms with Gasteiger partial charge in [-0.05, 0) is 39.8 Å². The van der Waals surface area contributed by atoms with Gasteiger partial charge in [-0.15, -0.1) is 0 Å². The van der Waals surface area contributed by atoms with Gasteiger partial charge in [-0.1, -0.05) is 12.1 Å². The smallest absolute Gasteiger partial charge is 0.163 e. The Morgan fingerprint density at radius 1 is 1.40 bits per heavy atom. The second-order valence-electron chi connectivity index (χ2n) is 6.08. The Morgan fingerprint density at radius 3 is 2.70 bits per heavy atom. The van der Waals surface area contributed by atoms with Crippen LogP contribution in [-0.4, -0.2) is 23.0 Å². The highest BCUT2D eigenvalue weighted by atomic mass is 16.4. The van der Waals surface area contributed by atoms with Crippen LogP contribution in [0.15, 0.2) is 28.7 Å². The van der Waals surface area contributed by atoms with Crippen molar-refractivity contribution in [3.8, 4) is 0 Å². The molecule has 0 aliphatic heterocycles. The number of ketones is 1. The van der Waals surface area contributed by atoms with Gasteiger partial charge in [0.2, 0.25) is 0 Å². The maximum absolute atomic E-state index is 11.6. The molecular weight excluding hydrogens is 254 g/mol. The van der Waals surface area contributed by atoms with Gasteiger partial charge in [-0.25, -0.2) is 0 Å². The zero-order valence-corrected chi connectivity index (χ0v) is 12.4. The fraction of sp³-hybridized carbons (Fsp3) is 0.438. The number of hydrogen-bond acceptors (Lipinski definition) is 4. The first-order valence-corrected chi connectivity index (χ1v) is 6.74. The molecule has 2 N–H and O–H groups in total. The van der Waals surface area contributed by atoms with Crippen molar-refractivity contribution in [2.45, 2.75) is 39.3 Å². The number of aliphatic hydroxyl groups is 1. The summed E-state index contributed by atoms with van der Waals surface area (Å²) in [7, 11) is 0. The highest BCUT2D eigenvalue weighted by Crippen LogP contribution is 2.27. The number of furan rings is 1. The van der Waals surface area contributed by atoms with Crippen molar-refractivity contribution in [2.75, 3.05) is 6.54 Å². The fourth-order valence-corrected chi connectivity index (χ4v) is 2.03. The summed E-state index contributed by atoms with van der Waals surface area (Å²) >= 11 is 0. The number of benzene rings is 1. The minimum atomic E-state index is -0.735. The van der Waals surface area contributed by atoms with Gasteiger partial charge >= 0.3 is 0 Å². The van der Waals surface area contributed by atoms with Crippen LogP contribution in [0.5, 0.6) is 0 Å². The third-order valence-electron chi connectivity index (χ3n) is 3.10. The predicted molar refractivity (Wildman–Crippen MR) is 78.9 cm³/mol. The molecule has 108 valence electrons. The molecule has 0 saturated heterocycles. The zero-order chi connectivity index (χ0) is 14.9. The Balaban J connectivity index is 2.28. The lowest BCUT2D eigenvalue weighted by atomic mass is 10.1. The molecule has 0 aliphatic rings. The zero-order valence-electron chi connectivity index (χ0n) is 12.4. The van der Waals surface area contributed by atoms with E-state index in [9.17, 15) is 9.90 Å². The summed E-state index contributed by atoms with van der Waals surface area (Å²) in [5, 5.41) is 14.2. The number of hydrogen-bond donors (Lipinski definition) is 2. The van der Waals surface area contributed by atoms with Gasteiger partial charge in [0, 0.05) is 17.5 Å². The van der Waals surface area contributed by atoms with Crippen molar-refractivity contribution in [1.29, 1.82) is 0 Å². The van der Waals surface area contributed by atoms with E-state index in [1.807, 2.05) is 32.9 Å². The molecule has 0 spiro atoms. The van der Waals surface area contributed by atoms with Gasteiger partial charge in [0.15, 0.2) is 5.78 Å². The summed E-state index contributed by atoms with van der Waals surface area (Å²) < 4.78 is 5.68. The van der Waals surface area contributed by atoms with E-state index in [1.165, 1.54) is 6.92 Å². The molecule has 0 aliphatic carbocycles. The predicted octanol–water partition coefficient (Wildman–Crippen LogP) is 3.06. The monoisotopic (exact) mass is 275 g/mol. The van der Waals surface area contributed by atoms with Crippen LogP contribution in [0.4, 0.5) is 0 Å². The van der Waals surface area contributed by atoms with Crippen molar-refractivity contribution in [3.05, 3.63) is 35.6 Å². The molecule has 1 heterocycles. The summed E-state index contributed by atoms with van der Waals surface area (Å²) in [4.78, 5) is 11.6. The molecular formula is C16H21NO3. The summed E-state index contributed by atoms with van der Waals surface area (Å²) in [6.07, 6.45) is -0.735. The van der Waals surface area contributed by atoms with Gasteiger partial charge in [0.05, 0.1) is 5.56 Å². The van der Waals surface area contributed by atoms with Crippen LogP contribution >= 0.6 is 0 Å². The minimum absolute atomic E-state index is 0.0428. The number of para-hydroxylation sites is 1. The molecule has 0 saturated carbocycles. The van der Waals surface area contributed by atoms with Crippen LogP contribution in [0.3, 0.4) is 0 Å². The molecule has 2 aromatic rings. The quantitative estimate of drug-likeness (QED) is 0.842. The van der Waals surface area contributed by atoms with Gasteiger partial charge < -0.3 is 14.8 Å². The van der Waals surface area contributed by atoms with Gasteiger partial charge in [-0.2, -0.15) is 0 Å². The molecule has 4 nitrogen and oxygen atoms in total. The van der Waals surface area contributed by atoms with Crippen molar-refractivity contribution in [1.82, 2.24) is 5.32 Å². The number of carbonyl (C=O) groups excluding carboxylic acids is 1. The molecule has 4 heteroatoms. The lowest BCUT2D eigenvalue weighted by Gasteiger charge is -2.22. The Labute approximate surface area is 118 Å². The Hall–Kier alpha value is -1.65. The molecule has 1 aromatic carbocycles. The first-order chi connectivity index (χ1) is 9.28. The van der Waals surface area contributed by atoms with Crippen LogP contribution in [0.25, 0.3) is 11.0 Å². The van der Waals surface area contributed by atoms with Gasteiger partial charge in [-0.3, -0.25) is 4.79 Å². The number of rotatable bonds is 4. The molecule has 1 atom stereocenters. The van der Waals surface area contributed by atoms with Crippen LogP contribution in [-0.2, 0) is 0 Å². The van der Waals surface area contributed by atoms with Crippen LogP contribution < -0.4 is 5.32 Å². The lowest BCUT2D eigenvalue weighted by molar-refractivity contribution is 0.101. The Morgan fingerprint density at radius 2 is 2.10 bits per heavy atom. The molecule has 2 rings (SSSR count). The number of carbonyl (C=O) groups is 1. The molecule has 0 amide bonds.